The fourth-order valence-electron chi connectivity index (χ4n) is 1.56. The maximum absolute atomic E-state index is 10.4. The van der Waals surface area contributed by atoms with Crippen LogP contribution in [-0.2, 0) is 11.3 Å². The van der Waals surface area contributed by atoms with Crippen molar-refractivity contribution in [2.24, 2.45) is 5.73 Å². The molecule has 0 radical (unpaired) electrons. The summed E-state index contributed by atoms with van der Waals surface area (Å²) in [5.74, 6) is -0.933. The van der Waals surface area contributed by atoms with Crippen LogP contribution in [0.1, 0.15) is 10.4 Å². The van der Waals surface area contributed by atoms with Gasteiger partial charge in [-0.25, -0.2) is 4.79 Å². The molecule has 0 saturated heterocycles. The highest BCUT2D eigenvalue weighted by Gasteiger charge is 2.01. The molecule has 2 aromatic rings. The van der Waals surface area contributed by atoms with Crippen LogP contribution in [0.5, 0.6) is 0 Å². The van der Waals surface area contributed by atoms with E-state index >= 15 is 0 Å². The van der Waals surface area contributed by atoms with Gasteiger partial charge in [0.15, 0.2) is 0 Å². The van der Waals surface area contributed by atoms with Crippen LogP contribution >= 0.6 is 11.3 Å². The zero-order chi connectivity index (χ0) is 13.0. The zero-order valence-corrected chi connectivity index (χ0v) is 10.5. The predicted octanol–water partition coefficient (Wildman–Crippen LogP) is 2.97. The SMILES string of the molecule is NCc1ccc(-c2ccc(/C=C/C(=O)O)s2)cc1. The van der Waals surface area contributed by atoms with Gasteiger partial charge in [0.1, 0.15) is 0 Å². The summed E-state index contributed by atoms with van der Waals surface area (Å²) in [4.78, 5) is 12.5. The van der Waals surface area contributed by atoms with E-state index < -0.39 is 5.97 Å². The second-order valence-electron chi connectivity index (χ2n) is 3.77. The number of carboxylic acids is 1. The third-order valence-corrected chi connectivity index (χ3v) is 3.59. The molecule has 2 rings (SSSR count). The number of hydrogen-bond donors (Lipinski definition) is 2. The van der Waals surface area contributed by atoms with Crippen LogP contribution in [0.15, 0.2) is 42.5 Å². The zero-order valence-electron chi connectivity index (χ0n) is 9.67. The molecule has 4 heteroatoms. The van der Waals surface area contributed by atoms with Crippen molar-refractivity contribution in [1.29, 1.82) is 0 Å². The van der Waals surface area contributed by atoms with Gasteiger partial charge in [0.2, 0.25) is 0 Å². The second-order valence-corrected chi connectivity index (χ2v) is 4.89. The van der Waals surface area contributed by atoms with E-state index in [9.17, 15) is 4.79 Å². The van der Waals surface area contributed by atoms with E-state index in [-0.39, 0.29) is 0 Å². The Bertz CT molecular complexity index is 570. The van der Waals surface area contributed by atoms with Crippen molar-refractivity contribution in [2.45, 2.75) is 6.54 Å². The lowest BCUT2D eigenvalue weighted by molar-refractivity contribution is -0.131. The molecule has 0 aliphatic heterocycles. The minimum Gasteiger partial charge on any atom is -0.478 e. The van der Waals surface area contributed by atoms with E-state index in [2.05, 4.69) is 0 Å². The van der Waals surface area contributed by atoms with Gasteiger partial charge in [-0.15, -0.1) is 11.3 Å². The van der Waals surface area contributed by atoms with E-state index in [1.165, 1.54) is 0 Å². The molecule has 1 heterocycles. The number of nitrogens with two attached hydrogens (primary N) is 1. The third kappa shape index (κ3) is 3.06. The topological polar surface area (TPSA) is 63.3 Å². The summed E-state index contributed by atoms with van der Waals surface area (Å²) in [6.07, 6.45) is 2.75. The quantitative estimate of drug-likeness (QED) is 0.830. The highest BCUT2D eigenvalue weighted by atomic mass is 32.1. The Morgan fingerprint density at radius 3 is 2.56 bits per heavy atom. The Labute approximate surface area is 109 Å². The van der Waals surface area contributed by atoms with Gasteiger partial charge in [-0.05, 0) is 29.3 Å². The smallest absolute Gasteiger partial charge is 0.328 e. The van der Waals surface area contributed by atoms with Gasteiger partial charge in [0.25, 0.3) is 0 Å². The molecular formula is C14H13NO2S. The lowest BCUT2D eigenvalue weighted by Crippen LogP contribution is -1.94. The van der Waals surface area contributed by atoms with Crippen molar-refractivity contribution < 1.29 is 9.90 Å². The van der Waals surface area contributed by atoms with Crippen LogP contribution < -0.4 is 5.73 Å². The number of carboxylic acid groups (broad SMARTS) is 1. The van der Waals surface area contributed by atoms with Gasteiger partial charge < -0.3 is 10.8 Å². The van der Waals surface area contributed by atoms with Crippen molar-refractivity contribution in [3.05, 3.63) is 52.9 Å². The molecule has 0 aliphatic rings. The Balaban J connectivity index is 2.20. The first-order valence-corrected chi connectivity index (χ1v) is 6.31. The van der Waals surface area contributed by atoms with Gasteiger partial charge in [-0.2, -0.15) is 0 Å². The molecule has 3 N–H and O–H groups in total. The van der Waals surface area contributed by atoms with Crippen molar-refractivity contribution in [1.82, 2.24) is 0 Å². The monoisotopic (exact) mass is 259 g/mol. The first kappa shape index (κ1) is 12.5. The third-order valence-electron chi connectivity index (χ3n) is 2.49. The van der Waals surface area contributed by atoms with Gasteiger partial charge in [0, 0.05) is 22.4 Å². The molecule has 3 nitrogen and oxygen atoms in total. The van der Waals surface area contributed by atoms with Crippen LogP contribution in [0.3, 0.4) is 0 Å². The molecule has 1 aromatic heterocycles. The molecule has 92 valence electrons. The lowest BCUT2D eigenvalue weighted by Gasteiger charge is -1.99. The molecule has 0 fully saturated rings. The molecule has 1 aromatic carbocycles. The molecule has 18 heavy (non-hydrogen) atoms. The molecule has 0 unspecified atom stereocenters. The van der Waals surface area contributed by atoms with Crippen molar-refractivity contribution in [2.75, 3.05) is 0 Å². The average Bonchev–Trinajstić information content (AvgIpc) is 2.85. The van der Waals surface area contributed by atoms with Crippen LogP contribution in [0.2, 0.25) is 0 Å². The fraction of sp³-hybridized carbons (Fsp3) is 0.0714. The second kappa shape index (κ2) is 5.62. The first-order valence-electron chi connectivity index (χ1n) is 5.49. The summed E-state index contributed by atoms with van der Waals surface area (Å²) in [7, 11) is 0. The van der Waals surface area contributed by atoms with Crippen LogP contribution in [-0.4, -0.2) is 11.1 Å². The molecule has 0 aliphatic carbocycles. The van der Waals surface area contributed by atoms with E-state index in [1.807, 2.05) is 36.4 Å². The minimum absolute atomic E-state index is 0.539. The summed E-state index contributed by atoms with van der Waals surface area (Å²) in [6, 6.07) is 12.0. The molecule has 0 bridgehead atoms. The summed E-state index contributed by atoms with van der Waals surface area (Å²) < 4.78 is 0. The van der Waals surface area contributed by atoms with Crippen molar-refractivity contribution in [3.8, 4) is 10.4 Å². The molecule has 0 amide bonds. The predicted molar refractivity (Wildman–Crippen MR) is 74.3 cm³/mol. The van der Waals surface area contributed by atoms with E-state index in [1.54, 1.807) is 17.4 Å². The maximum Gasteiger partial charge on any atom is 0.328 e. The van der Waals surface area contributed by atoms with Gasteiger partial charge in [-0.1, -0.05) is 24.3 Å². The Morgan fingerprint density at radius 1 is 1.22 bits per heavy atom. The van der Waals surface area contributed by atoms with Crippen LogP contribution in [0.4, 0.5) is 0 Å². The number of benzene rings is 1. The summed E-state index contributed by atoms with van der Waals surface area (Å²) in [5.41, 5.74) is 7.76. The standard InChI is InChI=1S/C14H13NO2S/c15-9-10-1-3-11(4-2-10)13-7-5-12(18-13)6-8-14(16)17/h1-8H,9,15H2,(H,16,17)/b8-6+. The van der Waals surface area contributed by atoms with Gasteiger partial charge >= 0.3 is 5.97 Å². The Kier molecular flexibility index (Phi) is 3.92. The van der Waals surface area contributed by atoms with Crippen LogP contribution in [0, 0.1) is 0 Å². The number of aliphatic carboxylic acids is 1. The van der Waals surface area contributed by atoms with Gasteiger partial charge in [0.05, 0.1) is 0 Å². The summed E-state index contributed by atoms with van der Waals surface area (Å²) in [5, 5.41) is 8.56. The number of rotatable bonds is 4. The Hall–Kier alpha value is -1.91. The normalized spacial score (nSPS) is 10.9. The Morgan fingerprint density at radius 2 is 1.94 bits per heavy atom. The summed E-state index contributed by atoms with van der Waals surface area (Å²) >= 11 is 1.56. The molecule has 0 atom stereocenters. The van der Waals surface area contributed by atoms with Crippen LogP contribution in [0.25, 0.3) is 16.5 Å². The molecule has 0 saturated carbocycles. The fourth-order valence-corrected chi connectivity index (χ4v) is 2.47. The molecular weight excluding hydrogens is 246 g/mol. The van der Waals surface area contributed by atoms with Gasteiger partial charge in [-0.3, -0.25) is 0 Å². The van der Waals surface area contributed by atoms with E-state index in [4.69, 9.17) is 10.8 Å². The summed E-state index contributed by atoms with van der Waals surface area (Å²) in [6.45, 7) is 0.539. The first-order chi connectivity index (χ1) is 8.69. The number of thiophene rings is 1. The largest absolute Gasteiger partial charge is 0.478 e. The average molecular weight is 259 g/mol. The maximum atomic E-state index is 10.4. The highest BCUT2D eigenvalue weighted by molar-refractivity contribution is 7.16. The minimum atomic E-state index is -0.933. The highest BCUT2D eigenvalue weighted by Crippen LogP contribution is 2.28. The van der Waals surface area contributed by atoms with E-state index in [0.717, 1.165) is 27.0 Å². The van der Waals surface area contributed by atoms with E-state index in [0.29, 0.717) is 6.54 Å². The van der Waals surface area contributed by atoms with Crippen molar-refractivity contribution >= 4 is 23.4 Å². The lowest BCUT2D eigenvalue weighted by atomic mass is 10.1. The number of hydrogen-bond acceptors (Lipinski definition) is 3. The molecule has 0 spiro atoms. The number of carbonyl (C=O) groups is 1. The van der Waals surface area contributed by atoms with Crippen molar-refractivity contribution in [3.63, 3.8) is 0 Å².